The van der Waals surface area contributed by atoms with Crippen molar-refractivity contribution in [3.63, 3.8) is 0 Å². The predicted molar refractivity (Wildman–Crippen MR) is 102 cm³/mol. The Bertz CT molecular complexity index is 765. The molecular weight excluding hydrogens is 378 g/mol. The molecule has 0 aliphatic rings. The lowest BCUT2D eigenvalue weighted by atomic mass is 10.2. The monoisotopic (exact) mass is 403 g/mol. The van der Waals surface area contributed by atoms with Gasteiger partial charge in [0.2, 0.25) is 15.9 Å². The molecule has 0 spiro atoms. The molecule has 0 aliphatic carbocycles. The summed E-state index contributed by atoms with van der Waals surface area (Å²) in [4.78, 5) is 25.9. The third kappa shape index (κ3) is 5.18. The van der Waals surface area contributed by atoms with Gasteiger partial charge in [-0.25, -0.2) is 8.42 Å². The molecule has 1 rings (SSSR count). The highest BCUT2D eigenvalue weighted by atomic mass is 35.5. The predicted octanol–water partition coefficient (Wildman–Crippen LogP) is 1.97. The van der Waals surface area contributed by atoms with Crippen LogP contribution in [0.1, 0.15) is 38.1 Å². The van der Waals surface area contributed by atoms with Crippen molar-refractivity contribution in [3.8, 4) is 0 Å². The number of halogens is 1. The number of sulfonamides is 1. The Morgan fingerprint density at radius 3 is 2.35 bits per heavy atom. The maximum absolute atomic E-state index is 12.8. The van der Waals surface area contributed by atoms with Gasteiger partial charge in [-0.2, -0.15) is 4.31 Å². The van der Waals surface area contributed by atoms with Gasteiger partial charge in [-0.1, -0.05) is 11.6 Å². The van der Waals surface area contributed by atoms with Crippen LogP contribution in [0.15, 0.2) is 23.1 Å². The molecule has 0 radical (unpaired) electrons. The summed E-state index contributed by atoms with van der Waals surface area (Å²) in [7, 11) is -2.27. The van der Waals surface area contributed by atoms with Crippen molar-refractivity contribution in [2.75, 3.05) is 26.7 Å². The molecule has 146 valence electrons. The lowest BCUT2D eigenvalue weighted by Crippen LogP contribution is -2.40. The minimum absolute atomic E-state index is 0.0180. The Morgan fingerprint density at radius 1 is 1.23 bits per heavy atom. The van der Waals surface area contributed by atoms with E-state index in [0.717, 1.165) is 0 Å². The van der Waals surface area contributed by atoms with Crippen LogP contribution in [0.3, 0.4) is 0 Å². The first kappa shape index (κ1) is 22.4. The molecule has 0 aromatic heterocycles. The van der Waals surface area contributed by atoms with Gasteiger partial charge < -0.3 is 10.2 Å². The molecule has 9 heteroatoms. The molecule has 2 amide bonds. The number of amides is 2. The largest absolute Gasteiger partial charge is 0.355 e. The number of carbonyl (C=O) groups is 2. The molecule has 0 atom stereocenters. The van der Waals surface area contributed by atoms with Gasteiger partial charge in [0.25, 0.3) is 5.91 Å². The molecule has 0 heterocycles. The first-order valence-corrected chi connectivity index (χ1v) is 10.2. The van der Waals surface area contributed by atoms with E-state index in [9.17, 15) is 18.0 Å². The van der Waals surface area contributed by atoms with E-state index in [-0.39, 0.29) is 40.5 Å². The van der Waals surface area contributed by atoms with Crippen LogP contribution in [0.2, 0.25) is 5.02 Å². The number of likely N-dealkylation sites (N-methyl/N-ethyl adjacent to an activating group) is 2. The lowest BCUT2D eigenvalue weighted by molar-refractivity contribution is -0.121. The zero-order valence-corrected chi connectivity index (χ0v) is 17.3. The number of rotatable bonds is 8. The molecule has 0 fully saturated rings. The van der Waals surface area contributed by atoms with Crippen molar-refractivity contribution < 1.29 is 18.0 Å². The standard InChI is InChI=1S/C17H26ClN3O4S/c1-6-19-16(22)11-21(7-2)17(23)14-10-13(8-9-15(14)18)26(24,25)20(5)12(3)4/h8-10,12H,6-7,11H2,1-5H3,(H,19,22). The van der Waals surface area contributed by atoms with Crippen LogP contribution in [0, 0.1) is 0 Å². The SMILES string of the molecule is CCNC(=O)CN(CC)C(=O)c1cc(S(=O)(=O)N(C)C(C)C)ccc1Cl. The van der Waals surface area contributed by atoms with Crippen LogP contribution in [-0.2, 0) is 14.8 Å². The third-order valence-electron chi connectivity index (χ3n) is 3.95. The second-order valence-corrected chi connectivity index (χ2v) is 8.43. The van der Waals surface area contributed by atoms with Crippen LogP contribution in [-0.4, -0.2) is 62.2 Å². The summed E-state index contributed by atoms with van der Waals surface area (Å²) >= 11 is 6.13. The lowest BCUT2D eigenvalue weighted by Gasteiger charge is -2.23. The van der Waals surface area contributed by atoms with Gasteiger partial charge in [-0.3, -0.25) is 9.59 Å². The summed E-state index contributed by atoms with van der Waals surface area (Å²) in [6.45, 7) is 7.65. The fraction of sp³-hybridized carbons (Fsp3) is 0.529. The number of benzene rings is 1. The van der Waals surface area contributed by atoms with Crippen LogP contribution in [0.25, 0.3) is 0 Å². The average Bonchev–Trinajstić information content (AvgIpc) is 2.58. The zero-order chi connectivity index (χ0) is 20.1. The molecule has 1 aromatic rings. The molecule has 0 saturated carbocycles. The highest BCUT2D eigenvalue weighted by Crippen LogP contribution is 2.24. The molecular formula is C17H26ClN3O4S. The summed E-state index contributed by atoms with van der Waals surface area (Å²) in [6.07, 6.45) is 0. The first-order chi connectivity index (χ1) is 12.1. The maximum atomic E-state index is 12.8. The maximum Gasteiger partial charge on any atom is 0.255 e. The molecule has 1 N–H and O–H groups in total. The van der Waals surface area contributed by atoms with Crippen molar-refractivity contribution in [1.82, 2.24) is 14.5 Å². The van der Waals surface area contributed by atoms with E-state index in [1.807, 2.05) is 0 Å². The molecule has 1 aromatic carbocycles. The van der Waals surface area contributed by atoms with Crippen molar-refractivity contribution in [1.29, 1.82) is 0 Å². The van der Waals surface area contributed by atoms with Crippen molar-refractivity contribution in [2.24, 2.45) is 0 Å². The molecule has 26 heavy (non-hydrogen) atoms. The molecule has 0 bridgehead atoms. The quantitative estimate of drug-likeness (QED) is 0.718. The highest BCUT2D eigenvalue weighted by Gasteiger charge is 2.26. The second-order valence-electron chi connectivity index (χ2n) is 6.03. The van der Waals surface area contributed by atoms with Gasteiger partial charge in [0, 0.05) is 26.2 Å². The fourth-order valence-corrected chi connectivity index (χ4v) is 3.79. The number of hydrogen-bond acceptors (Lipinski definition) is 4. The second kappa shape index (κ2) is 9.34. The summed E-state index contributed by atoms with van der Waals surface area (Å²) < 4.78 is 26.5. The van der Waals surface area contributed by atoms with Gasteiger partial charge >= 0.3 is 0 Å². The van der Waals surface area contributed by atoms with E-state index in [4.69, 9.17) is 11.6 Å². The van der Waals surface area contributed by atoms with E-state index in [2.05, 4.69) is 5.32 Å². The minimum Gasteiger partial charge on any atom is -0.355 e. The van der Waals surface area contributed by atoms with E-state index in [1.54, 1.807) is 27.7 Å². The Balaban J connectivity index is 3.24. The fourth-order valence-electron chi connectivity index (χ4n) is 2.20. The Labute approximate surface area is 160 Å². The van der Waals surface area contributed by atoms with E-state index < -0.39 is 15.9 Å². The molecule has 0 saturated heterocycles. The van der Waals surface area contributed by atoms with Gasteiger partial charge in [-0.05, 0) is 45.9 Å². The normalized spacial score (nSPS) is 11.7. The van der Waals surface area contributed by atoms with E-state index in [0.29, 0.717) is 6.54 Å². The van der Waals surface area contributed by atoms with Crippen LogP contribution in [0.4, 0.5) is 0 Å². The summed E-state index contributed by atoms with van der Waals surface area (Å²) in [5.74, 6) is -0.782. The average molecular weight is 404 g/mol. The topological polar surface area (TPSA) is 86.8 Å². The zero-order valence-electron chi connectivity index (χ0n) is 15.7. The van der Waals surface area contributed by atoms with Crippen molar-refractivity contribution in [3.05, 3.63) is 28.8 Å². The van der Waals surface area contributed by atoms with Crippen molar-refractivity contribution >= 4 is 33.4 Å². The number of nitrogens with one attached hydrogen (secondary N) is 1. The van der Waals surface area contributed by atoms with E-state index in [1.165, 1.54) is 34.5 Å². The summed E-state index contributed by atoms with van der Waals surface area (Å²) in [5.41, 5.74) is 0.0519. The minimum atomic E-state index is -3.75. The first-order valence-electron chi connectivity index (χ1n) is 8.39. The van der Waals surface area contributed by atoms with Gasteiger partial charge in [-0.15, -0.1) is 0 Å². The molecule has 0 aliphatic heterocycles. The van der Waals surface area contributed by atoms with Crippen LogP contribution < -0.4 is 5.32 Å². The Hall–Kier alpha value is -1.64. The third-order valence-corrected chi connectivity index (χ3v) is 6.31. The van der Waals surface area contributed by atoms with Crippen molar-refractivity contribution in [2.45, 2.75) is 38.6 Å². The Kier molecular flexibility index (Phi) is 8.05. The summed E-state index contributed by atoms with van der Waals surface area (Å²) in [5, 5.41) is 2.76. The molecule has 7 nitrogen and oxygen atoms in total. The van der Waals surface area contributed by atoms with Crippen LogP contribution >= 0.6 is 11.6 Å². The van der Waals surface area contributed by atoms with Gasteiger partial charge in [0.05, 0.1) is 22.0 Å². The van der Waals surface area contributed by atoms with E-state index >= 15 is 0 Å². The van der Waals surface area contributed by atoms with Crippen LogP contribution in [0.5, 0.6) is 0 Å². The Morgan fingerprint density at radius 2 is 1.85 bits per heavy atom. The number of carbonyl (C=O) groups excluding carboxylic acids is 2. The van der Waals surface area contributed by atoms with Gasteiger partial charge in [0.15, 0.2) is 0 Å². The number of nitrogens with zero attached hydrogens (tertiary/aromatic N) is 2. The highest BCUT2D eigenvalue weighted by molar-refractivity contribution is 7.89. The summed E-state index contributed by atoms with van der Waals surface area (Å²) in [6, 6.07) is 3.78. The van der Waals surface area contributed by atoms with Gasteiger partial charge in [0.1, 0.15) is 0 Å². The number of hydrogen-bond donors (Lipinski definition) is 1. The smallest absolute Gasteiger partial charge is 0.255 e. The molecule has 0 unspecified atom stereocenters.